The van der Waals surface area contributed by atoms with Crippen molar-refractivity contribution in [2.24, 2.45) is 45.0 Å². The number of hydrogen-bond donors (Lipinski definition) is 6. The zero-order chi connectivity index (χ0) is 72.0. The highest BCUT2D eigenvalue weighted by Gasteiger charge is 2.31. The van der Waals surface area contributed by atoms with Crippen molar-refractivity contribution in [3.05, 3.63) is 202 Å². The molecule has 21 nitrogen and oxygen atoms in total. The van der Waals surface area contributed by atoms with Crippen molar-refractivity contribution in [2.45, 2.75) is 152 Å². The summed E-state index contributed by atoms with van der Waals surface area (Å²) in [5.74, 6) is 6.53. The first-order valence-corrected chi connectivity index (χ1v) is 36.7. The molecule has 0 bridgehead atoms. The molecule has 4 aliphatic carbocycles. The lowest BCUT2D eigenvalue weighted by molar-refractivity contribution is 0.311. The first-order valence-electron chi connectivity index (χ1n) is 36.3. The zero-order valence-electron chi connectivity index (χ0n) is 59.2. The monoisotopic (exact) mass is 1420 g/mol. The molecule has 536 valence electrons. The Balaban J connectivity index is 0.000000116. The van der Waals surface area contributed by atoms with Crippen molar-refractivity contribution in [3.8, 4) is 67.8 Å². The number of aromatic amines is 2. The van der Waals surface area contributed by atoms with E-state index in [-0.39, 0.29) is 10.7 Å². The maximum Gasteiger partial charge on any atom is 0.439 e. The molecular weight excluding hydrogens is 1330 g/mol. The Bertz CT molecular complexity index is 5240. The third-order valence-corrected chi connectivity index (χ3v) is 22.3. The molecule has 0 saturated heterocycles. The van der Waals surface area contributed by atoms with Crippen LogP contribution in [-0.4, -0.2) is 54.8 Å². The van der Waals surface area contributed by atoms with Gasteiger partial charge in [-0.25, -0.2) is 20.7 Å². The van der Waals surface area contributed by atoms with Crippen LogP contribution in [0, 0.1) is 11.4 Å². The summed E-state index contributed by atoms with van der Waals surface area (Å²) in [6.07, 6.45) is 39.9. The number of benzene rings is 4. The zero-order valence-corrected chi connectivity index (χ0v) is 60.0. The Kier molecular flexibility index (Phi) is 21.2. The van der Waals surface area contributed by atoms with E-state index in [0.717, 1.165) is 55.5 Å². The SMILES string of the molecule is Cn1c(-c2ccoc2)c(C2CCCCC2)c2ccc(-c3nc(=S)o[nH]3)cc21.Cn1c(-c2ccoc2)c(C2CCCCC2)c2ccc(-c3noc(=O)[nH]3)cc21.Cn1c(-c2ccoc2)c(C2CCCCC2)c2ccc(/C(N)=N/O)cc21.NO.[C-]#[N+]c1ccc2c(C3CCCCC3)c(-c3ccoc3)n(C)c2c1. The number of rotatable bonds is 11. The van der Waals surface area contributed by atoms with Crippen molar-refractivity contribution < 1.29 is 37.1 Å². The number of H-pyrrole nitrogens is 2. The number of fused-ring (bicyclic) bond motifs is 4. The molecular formula is C82H88N12O9S. The predicted molar refractivity (Wildman–Crippen MR) is 407 cm³/mol. The standard InChI is InChI=1S/C21H21N3O3.C21H21N3O2S.C20H23N3O2.C20H20N2O.H3NO/c1-24-17-11-14(20-22-21(25)27-23-20)7-8-16(17)18(13-5-3-2-4-6-13)19(24)15-9-10-26-12-15;1-24-17-11-14(20-22-21(27)26-23-20)7-8-16(17)18(13-5-3-2-4-6-13)19(24)15-9-10-25-12-15;1-23-17-11-14(20(21)22-24)7-8-16(17)18(13-5-3-2-4-6-13)19(23)15-9-10-25-12-15;1-21-16-8-9-17-18(12-16)22(2)20(15-10-11-23-13-15)19(17)14-6-4-3-5-7-14;1-2/h7-13H,2-6H2,1H3,(H,22,23,25);7-13H,2-6H2,1H3,(H,22,23,27);7-13,24H,2-6H2,1H3,(H2,21,22);8-14H,3-7H2,2H3;2H,1H2. The van der Waals surface area contributed by atoms with Gasteiger partial charge >= 0.3 is 10.6 Å². The average Bonchev–Trinajstić information content (AvgIpc) is 1.62. The lowest BCUT2D eigenvalue weighted by Gasteiger charge is -2.23. The molecule has 4 aromatic carbocycles. The summed E-state index contributed by atoms with van der Waals surface area (Å²) in [5, 5.41) is 30.4. The van der Waals surface area contributed by atoms with Crippen LogP contribution in [0.3, 0.4) is 0 Å². The van der Waals surface area contributed by atoms with Gasteiger partial charge in [-0.05, 0) is 158 Å². The highest BCUT2D eigenvalue weighted by molar-refractivity contribution is 7.71. The van der Waals surface area contributed by atoms with Crippen molar-refractivity contribution in [3.63, 3.8) is 0 Å². The van der Waals surface area contributed by atoms with E-state index >= 15 is 0 Å². The Labute approximate surface area is 606 Å². The smallest absolute Gasteiger partial charge is 0.439 e. The quantitative estimate of drug-likeness (QED) is 0.0175. The number of aromatic nitrogens is 8. The van der Waals surface area contributed by atoms with Gasteiger partial charge in [0.15, 0.2) is 23.2 Å². The van der Waals surface area contributed by atoms with Gasteiger partial charge in [-0.1, -0.05) is 136 Å². The van der Waals surface area contributed by atoms with Gasteiger partial charge < -0.3 is 56.6 Å². The number of nitrogens with one attached hydrogen (secondary N) is 2. The number of hydrogen-bond acceptors (Lipinski definition) is 14. The molecule has 0 aliphatic heterocycles. The summed E-state index contributed by atoms with van der Waals surface area (Å²) in [6, 6.07) is 32.9. The molecule has 4 saturated carbocycles. The normalized spacial score (nSPS) is 15.6. The van der Waals surface area contributed by atoms with Crippen molar-refractivity contribution in [2.75, 3.05) is 0 Å². The molecule has 10 heterocycles. The Morgan fingerprint density at radius 1 is 0.500 bits per heavy atom. The number of oxime groups is 1. The maximum atomic E-state index is 11.3. The molecule has 8 N–H and O–H groups in total. The number of amidine groups is 1. The largest absolute Gasteiger partial charge is 0.472 e. The number of aryl methyl sites for hydroxylation is 4. The molecule has 0 amide bonds. The summed E-state index contributed by atoms with van der Waals surface area (Å²) in [5.41, 5.74) is 28.7. The molecule has 0 spiro atoms. The third-order valence-electron chi connectivity index (χ3n) is 22.1. The Morgan fingerprint density at radius 2 is 0.856 bits per heavy atom. The molecule has 0 unspecified atom stereocenters. The van der Waals surface area contributed by atoms with E-state index in [9.17, 15) is 4.79 Å². The van der Waals surface area contributed by atoms with Crippen LogP contribution in [0.5, 0.6) is 0 Å². The first kappa shape index (κ1) is 70.2. The lowest BCUT2D eigenvalue weighted by atomic mass is 9.82. The van der Waals surface area contributed by atoms with Crippen LogP contribution in [0.1, 0.15) is 180 Å². The maximum absolute atomic E-state index is 11.3. The third kappa shape index (κ3) is 13.9. The predicted octanol–water partition coefficient (Wildman–Crippen LogP) is 21.0. The second kappa shape index (κ2) is 31.4. The number of nitrogens with zero attached hydrogens (tertiary/aromatic N) is 8. The van der Waals surface area contributed by atoms with Gasteiger partial charge in [0.2, 0.25) is 0 Å². The molecule has 0 radical (unpaired) electrons. The Hall–Kier alpha value is -10.9. The average molecular weight is 1420 g/mol. The van der Waals surface area contributed by atoms with Gasteiger partial charge in [0.1, 0.15) is 0 Å². The highest BCUT2D eigenvalue weighted by atomic mass is 32.1. The highest BCUT2D eigenvalue weighted by Crippen LogP contribution is 2.49. The van der Waals surface area contributed by atoms with Crippen LogP contribution in [-0.2, 0) is 28.2 Å². The molecule has 14 aromatic rings. The number of furan rings is 4. The van der Waals surface area contributed by atoms with Crippen LogP contribution in [0.4, 0.5) is 5.69 Å². The van der Waals surface area contributed by atoms with E-state index in [1.807, 2.05) is 73.6 Å². The van der Waals surface area contributed by atoms with Crippen LogP contribution in [0.2, 0.25) is 0 Å². The van der Waals surface area contributed by atoms with Crippen LogP contribution < -0.4 is 17.4 Å². The van der Waals surface area contributed by atoms with Gasteiger partial charge in [-0.2, -0.15) is 4.98 Å². The summed E-state index contributed by atoms with van der Waals surface area (Å²) in [4.78, 5) is 22.0. The summed E-state index contributed by atoms with van der Waals surface area (Å²) >= 11 is 4.99. The molecule has 104 heavy (non-hydrogen) atoms. The topological polar surface area (TPSA) is 282 Å². The van der Waals surface area contributed by atoms with Crippen molar-refractivity contribution >= 4 is 67.4 Å². The molecule has 10 aromatic heterocycles. The fraction of sp³-hybridized carbons (Fsp3) is 0.341. The van der Waals surface area contributed by atoms with E-state index in [4.69, 9.17) is 57.1 Å². The van der Waals surface area contributed by atoms with Gasteiger partial charge in [0.05, 0.1) is 79.5 Å². The fourth-order valence-electron chi connectivity index (χ4n) is 17.4. The van der Waals surface area contributed by atoms with E-state index in [2.05, 4.69) is 136 Å². The fourth-order valence-corrected chi connectivity index (χ4v) is 17.5. The second-order valence-electron chi connectivity index (χ2n) is 28.0. The van der Waals surface area contributed by atoms with Crippen LogP contribution >= 0.6 is 12.2 Å². The summed E-state index contributed by atoms with van der Waals surface area (Å²) in [7, 11) is 8.40. The summed E-state index contributed by atoms with van der Waals surface area (Å²) in [6.45, 7) is 7.29. The minimum Gasteiger partial charge on any atom is -0.472 e. The van der Waals surface area contributed by atoms with Gasteiger partial charge in [0.25, 0.3) is 0 Å². The second-order valence-corrected chi connectivity index (χ2v) is 28.4. The minimum atomic E-state index is -0.543. The molecule has 0 atom stereocenters. The van der Waals surface area contributed by atoms with Gasteiger partial charge in [0, 0.05) is 111 Å². The minimum absolute atomic E-state index is 0.132. The van der Waals surface area contributed by atoms with E-state index < -0.39 is 5.76 Å². The molecule has 4 fully saturated rings. The summed E-state index contributed by atoms with van der Waals surface area (Å²) < 4.78 is 40.2. The molecule has 18 rings (SSSR count). The van der Waals surface area contributed by atoms with Gasteiger partial charge in [-0.3, -0.25) is 9.51 Å². The number of nitrogens with two attached hydrogens (primary N) is 2. The van der Waals surface area contributed by atoms with Gasteiger partial charge in [-0.15, -0.1) is 0 Å². The van der Waals surface area contributed by atoms with Crippen molar-refractivity contribution in [1.82, 2.24) is 38.5 Å². The molecule has 22 heteroatoms. The van der Waals surface area contributed by atoms with E-state index in [1.54, 1.807) is 25.1 Å². The lowest BCUT2D eigenvalue weighted by Crippen LogP contribution is -2.12. The molecule has 4 aliphatic rings. The van der Waals surface area contributed by atoms with Crippen LogP contribution in [0.25, 0.3) is 116 Å². The van der Waals surface area contributed by atoms with Crippen LogP contribution in [0.15, 0.2) is 184 Å². The van der Waals surface area contributed by atoms with E-state index in [0.29, 0.717) is 41.0 Å². The van der Waals surface area contributed by atoms with E-state index in [1.165, 1.54) is 201 Å². The Morgan fingerprint density at radius 3 is 1.18 bits per heavy atom. The first-order chi connectivity index (χ1) is 50.9. The van der Waals surface area contributed by atoms with Crippen molar-refractivity contribution in [1.29, 1.82) is 0 Å².